The summed E-state index contributed by atoms with van der Waals surface area (Å²) in [7, 11) is 0. The molecule has 0 fully saturated rings. The molecule has 0 amide bonds. The molecule has 0 saturated carbocycles. The van der Waals surface area contributed by atoms with Crippen LogP contribution in [0.25, 0.3) is 0 Å². The molecule has 0 unspecified atom stereocenters. The van der Waals surface area contributed by atoms with E-state index in [-0.39, 0.29) is 0 Å². The van der Waals surface area contributed by atoms with Gasteiger partial charge in [0.1, 0.15) is 7.06 Å². The Morgan fingerprint density at radius 2 is 1.25 bits per heavy atom. The van der Waals surface area contributed by atoms with Crippen molar-refractivity contribution in [2.75, 3.05) is 11.5 Å². The molecule has 6 heteroatoms. The van der Waals surface area contributed by atoms with Gasteiger partial charge in [0.2, 0.25) is 0 Å². The lowest BCUT2D eigenvalue weighted by Crippen LogP contribution is -1.69. The van der Waals surface area contributed by atoms with Crippen LogP contribution in [0.15, 0.2) is 0 Å². The van der Waals surface area contributed by atoms with E-state index >= 15 is 0 Å². The Morgan fingerprint density at radius 3 is 1.25 bits per heavy atom. The molecule has 0 nitrogen and oxygen atoms in total. The van der Waals surface area contributed by atoms with Gasteiger partial charge in [0.25, 0.3) is 0 Å². The van der Waals surface area contributed by atoms with Gasteiger partial charge in [-0.1, -0.05) is 38.3 Å². The predicted octanol–water partition coefficient (Wildman–Crippen LogP) is 3.91. The Balaban J connectivity index is 0. The van der Waals surface area contributed by atoms with Gasteiger partial charge in [-0.3, -0.25) is 0 Å². The minimum absolute atomic E-state index is 0.734. The molecule has 0 aliphatic heterocycles. The first kappa shape index (κ1) is 16.0. The zero-order valence-corrected chi connectivity index (χ0v) is 12.0. The van der Waals surface area contributed by atoms with Gasteiger partial charge in [-0.2, -0.15) is 0 Å². The molecule has 0 aromatic heterocycles. The van der Waals surface area contributed by atoms with Gasteiger partial charge in [0.15, 0.2) is 0 Å². The first-order valence-electron chi connectivity index (χ1n) is 3.26. The number of hydrogen-bond donors (Lipinski definition) is 2. The van der Waals surface area contributed by atoms with Crippen LogP contribution in [-0.2, 0) is 0 Å². The largest absolute Gasteiger partial charge is 0.125 e. The summed E-state index contributed by atoms with van der Waals surface area (Å²) < 4.78 is 1.47. The molecule has 0 rings (SSSR count). The van der Waals surface area contributed by atoms with Crippen LogP contribution in [0.3, 0.4) is 0 Å². The first-order chi connectivity index (χ1) is 5.54. The average molecular weight is 277 g/mol. The van der Waals surface area contributed by atoms with Crippen molar-refractivity contribution in [2.24, 2.45) is 0 Å². The van der Waals surface area contributed by atoms with Crippen LogP contribution in [0, 0.1) is 0 Å². The fraction of sp³-hybridized carbons (Fsp3) is 0.667. The van der Waals surface area contributed by atoms with Gasteiger partial charge in [-0.15, -0.1) is 48.8 Å². The first-order valence-corrected chi connectivity index (χ1v) is 6.94. The molecule has 0 aliphatic rings. The van der Waals surface area contributed by atoms with Crippen LogP contribution in [0.1, 0.15) is 13.8 Å². The van der Waals surface area contributed by atoms with Crippen LogP contribution in [0.2, 0.25) is 0 Å². The van der Waals surface area contributed by atoms with Crippen LogP contribution in [0.5, 0.6) is 0 Å². The van der Waals surface area contributed by atoms with Crippen molar-refractivity contribution in [1.82, 2.24) is 0 Å². The van der Waals surface area contributed by atoms with Crippen molar-refractivity contribution >= 4 is 80.3 Å². The molecule has 0 aromatic carbocycles. The van der Waals surface area contributed by atoms with Crippen molar-refractivity contribution in [1.29, 1.82) is 0 Å². The van der Waals surface area contributed by atoms with E-state index < -0.39 is 0 Å². The molecule has 0 bridgehead atoms. The molecule has 0 heterocycles. The van der Waals surface area contributed by atoms with Gasteiger partial charge in [-0.25, -0.2) is 0 Å². The van der Waals surface area contributed by atoms with Crippen LogP contribution >= 0.6 is 73.2 Å². The summed E-state index contributed by atoms with van der Waals surface area (Å²) in [4.78, 5) is 0. The SMILES string of the molecule is CCSC(=S)S.CCSC(=S)S. The molecule has 0 aromatic rings. The zero-order valence-electron chi connectivity index (χ0n) is 6.94. The van der Waals surface area contributed by atoms with Crippen molar-refractivity contribution in [3.63, 3.8) is 0 Å². The molecule has 0 radical (unpaired) electrons. The van der Waals surface area contributed by atoms with E-state index in [1.54, 1.807) is 23.5 Å². The summed E-state index contributed by atoms with van der Waals surface area (Å²) in [6, 6.07) is 0. The molecule has 0 saturated heterocycles. The second kappa shape index (κ2) is 12.6. The Kier molecular flexibility index (Phi) is 16.8. The summed E-state index contributed by atoms with van der Waals surface area (Å²) in [5.74, 6) is 2.06. The maximum atomic E-state index is 4.62. The third kappa shape index (κ3) is 22.6. The van der Waals surface area contributed by atoms with E-state index in [2.05, 4.69) is 49.7 Å². The lowest BCUT2D eigenvalue weighted by Gasteiger charge is -1.83. The van der Waals surface area contributed by atoms with E-state index in [1.807, 2.05) is 13.8 Å². The van der Waals surface area contributed by atoms with Crippen molar-refractivity contribution in [3.8, 4) is 0 Å². The number of thiol groups is 2. The smallest absolute Gasteiger partial charge is 0.101 e. The van der Waals surface area contributed by atoms with E-state index in [0.717, 1.165) is 18.6 Å². The Labute approximate surface area is 105 Å². The van der Waals surface area contributed by atoms with Gasteiger partial charge in [0, 0.05) is 0 Å². The fourth-order valence-electron chi connectivity index (χ4n) is 0.247. The lowest BCUT2D eigenvalue weighted by atomic mass is 11.0. The van der Waals surface area contributed by atoms with Gasteiger partial charge < -0.3 is 0 Å². The highest BCUT2D eigenvalue weighted by Crippen LogP contribution is 2.05. The Morgan fingerprint density at radius 1 is 1.00 bits per heavy atom. The van der Waals surface area contributed by atoms with E-state index in [1.165, 1.54) is 0 Å². The summed E-state index contributed by atoms with van der Waals surface area (Å²) in [6.07, 6.45) is 0. The Hall–Kier alpha value is 1.58. The van der Waals surface area contributed by atoms with E-state index in [4.69, 9.17) is 0 Å². The molecule has 0 atom stereocenters. The van der Waals surface area contributed by atoms with E-state index in [0.29, 0.717) is 0 Å². The predicted molar refractivity (Wildman–Crippen MR) is 79.4 cm³/mol. The van der Waals surface area contributed by atoms with Gasteiger partial charge >= 0.3 is 0 Å². The number of thiocarbonyl (C=S) groups is 2. The summed E-state index contributed by atoms with van der Waals surface area (Å²) in [6.45, 7) is 4.10. The van der Waals surface area contributed by atoms with Gasteiger partial charge in [-0.05, 0) is 11.5 Å². The molecular weight excluding hydrogens is 264 g/mol. The molecule has 0 N–H and O–H groups in total. The van der Waals surface area contributed by atoms with Crippen molar-refractivity contribution < 1.29 is 0 Å². The zero-order chi connectivity index (χ0) is 9.98. The Bertz CT molecular complexity index is 116. The maximum absolute atomic E-state index is 4.62. The summed E-state index contributed by atoms with van der Waals surface area (Å²) >= 11 is 20.2. The quantitative estimate of drug-likeness (QED) is 0.579. The number of hydrogen-bond acceptors (Lipinski definition) is 4. The minimum Gasteiger partial charge on any atom is -0.125 e. The van der Waals surface area contributed by atoms with Gasteiger partial charge in [0.05, 0.1) is 0 Å². The molecule has 0 aliphatic carbocycles. The second-order valence-electron chi connectivity index (χ2n) is 1.40. The van der Waals surface area contributed by atoms with Crippen LogP contribution < -0.4 is 0 Å². The standard InChI is InChI=1S/2C3H6S3/c2*1-2-6-3(4)5/h2*2H2,1H3,(H,4,5). The van der Waals surface area contributed by atoms with Crippen LogP contribution in [-0.4, -0.2) is 18.6 Å². The number of rotatable bonds is 2. The minimum atomic E-state index is 0.734. The second-order valence-corrected chi connectivity index (χ2v) is 7.38. The fourth-order valence-corrected chi connectivity index (χ4v) is 2.22. The maximum Gasteiger partial charge on any atom is 0.101 e. The molecular formula is C6H12S6. The summed E-state index contributed by atoms with van der Waals surface area (Å²) in [5.41, 5.74) is 0. The monoisotopic (exact) mass is 276 g/mol. The third-order valence-electron chi connectivity index (χ3n) is 0.536. The third-order valence-corrected chi connectivity index (χ3v) is 3.09. The molecule has 0 spiro atoms. The molecule has 72 valence electrons. The topological polar surface area (TPSA) is 0 Å². The highest BCUT2D eigenvalue weighted by atomic mass is 32.2. The highest BCUT2D eigenvalue weighted by Gasteiger charge is 1.80. The van der Waals surface area contributed by atoms with Crippen molar-refractivity contribution in [2.45, 2.75) is 13.8 Å². The highest BCUT2D eigenvalue weighted by molar-refractivity contribution is 8.42. The van der Waals surface area contributed by atoms with E-state index in [9.17, 15) is 0 Å². The lowest BCUT2D eigenvalue weighted by molar-refractivity contribution is 1.54. The normalized spacial score (nSPS) is 8.33. The average Bonchev–Trinajstić information content (AvgIpc) is 1.87. The molecule has 12 heavy (non-hydrogen) atoms. The summed E-state index contributed by atoms with van der Waals surface area (Å²) in [5, 5.41) is 0. The van der Waals surface area contributed by atoms with Crippen LogP contribution in [0.4, 0.5) is 0 Å². The van der Waals surface area contributed by atoms with Crippen molar-refractivity contribution in [3.05, 3.63) is 0 Å². The number of thioether (sulfide) groups is 2.